The van der Waals surface area contributed by atoms with Gasteiger partial charge in [-0.25, -0.2) is 0 Å². The number of benzene rings is 13. The first-order valence-corrected chi connectivity index (χ1v) is 55.9. The summed E-state index contributed by atoms with van der Waals surface area (Å²) in [5.41, 5.74) is 10.7. The molecule has 824 valence electrons. The van der Waals surface area contributed by atoms with Crippen molar-refractivity contribution in [2.24, 2.45) is 5.92 Å². The number of ether oxygens (including phenoxy) is 16. The summed E-state index contributed by atoms with van der Waals surface area (Å²) in [4.78, 5) is 0. The lowest BCUT2D eigenvalue weighted by atomic mass is 10.0. The first-order valence-electron chi connectivity index (χ1n) is 55.9. The van der Waals surface area contributed by atoms with Crippen LogP contribution in [0.4, 0.5) is 0 Å². The van der Waals surface area contributed by atoms with E-state index >= 15 is 0 Å². The minimum Gasteiger partial charge on any atom is -0.491 e. The van der Waals surface area contributed by atoms with Crippen LogP contribution in [0.5, 0.6) is 46.0 Å². The molecule has 13 aromatic carbocycles. The van der Waals surface area contributed by atoms with E-state index in [4.69, 9.17) is 75.8 Å². The van der Waals surface area contributed by atoms with E-state index in [2.05, 4.69) is 226 Å². The van der Waals surface area contributed by atoms with Crippen LogP contribution >= 0.6 is 0 Å². The summed E-state index contributed by atoms with van der Waals surface area (Å²) in [7, 11) is 0. The fourth-order valence-corrected chi connectivity index (χ4v) is 11.7. The van der Waals surface area contributed by atoms with Crippen molar-refractivity contribution in [3.05, 3.63) is 361 Å². The Labute approximate surface area is 908 Å². The zero-order chi connectivity index (χ0) is 110. The third kappa shape index (κ3) is 70.5. The Morgan fingerprint density at radius 3 is 0.713 bits per heavy atom. The normalized spacial score (nSPS) is 16.0. The molecular weight excluding hydrogens is 1870 g/mol. The molecule has 8 heterocycles. The second-order valence-electron chi connectivity index (χ2n) is 35.1. The summed E-state index contributed by atoms with van der Waals surface area (Å²) in [5.74, 6) is 8.27. The number of para-hydroxylation sites is 5. The number of epoxide rings is 8. The first-order chi connectivity index (χ1) is 73.4. The Bertz CT molecular complexity index is 4900. The van der Waals surface area contributed by atoms with E-state index in [1.54, 1.807) is 0 Å². The number of aryl methyl sites for hydroxylation is 6. The topological polar surface area (TPSA) is 174 Å². The molecule has 8 atom stereocenters. The van der Waals surface area contributed by atoms with Crippen molar-refractivity contribution in [1.82, 2.24) is 0 Å². The number of fused-ring (bicyclic) bond motifs is 2. The van der Waals surface area contributed by atoms with Crippen LogP contribution in [0, 0.1) is 19.8 Å². The minimum atomic E-state index is 0.309. The lowest BCUT2D eigenvalue weighted by Crippen LogP contribution is -2.04. The Morgan fingerprint density at radius 1 is 0.213 bits per heavy atom. The van der Waals surface area contributed by atoms with E-state index in [0.29, 0.717) is 102 Å². The number of hydrogen-bond acceptors (Lipinski definition) is 16. The van der Waals surface area contributed by atoms with Gasteiger partial charge in [0.25, 0.3) is 0 Å². The zero-order valence-corrected chi connectivity index (χ0v) is 96.9. The van der Waals surface area contributed by atoms with Crippen LogP contribution in [-0.4, -0.2) is 155 Å². The number of rotatable bonds is 29. The van der Waals surface area contributed by atoms with Gasteiger partial charge in [-0.05, 0) is 185 Å². The third-order valence-corrected chi connectivity index (χ3v) is 20.1. The van der Waals surface area contributed by atoms with Crippen LogP contribution < -0.4 is 37.9 Å². The summed E-state index contributed by atoms with van der Waals surface area (Å²) >= 11 is 0. The van der Waals surface area contributed by atoms with Crippen molar-refractivity contribution in [3.8, 4) is 57.1 Å². The molecule has 0 aromatic heterocycles. The Balaban J connectivity index is 0.000000550. The predicted octanol–water partition coefficient (Wildman–Crippen LogP) is 34.4. The molecule has 0 amide bonds. The fraction of sp³-hybridized carbons (Fsp3) is 0.448. The third-order valence-electron chi connectivity index (χ3n) is 20.1. The molecule has 13 aromatic rings. The highest BCUT2D eigenvalue weighted by atomic mass is 16.6. The minimum absolute atomic E-state index is 0.309. The standard InChI is InChI=1S/C16H18.2C13H12O2.2C10H12O2.C10H14.4C9H10O2.C4H10.4C3H8.5C2H6/c1-3-13-5-9-15(10-6-13)16-11-7-14(4-2)8-12-16;1-2-6-12-10(4-1)5-3-7-13(12)15-9-11-8-14-11;1-2-4-11-7-12(6-5-10(11)3-1)14-8-13-9-15-13;1-8-2-4-9(5-3-8)11-6-10-7-12-10;1-8-4-2-3-5-10(8)12-7-9-6-11-9;1-3-9-5-7-10(4-2)8-6-9;4*1-2-4-8(5-3-1)10-6-9-7-11-9;1-4(2)3;4*1-3-2;5*1-2/h5-12H,3-4H2,1-2H3;1-7,11H,8-9H2;1-7,13H,8-9H2;2-5,10H,6-7H2,1H3;2-5,9H,6-7H2,1H3;5-8H,3-4H2,1-2H3;4*1-5,9H,6-7H2;4H,1-3H3;4*3H2,1-2H3;5*1-2H3. The molecule has 16 heteroatoms. The smallest absolute Gasteiger partial charge is 0.127 e. The highest BCUT2D eigenvalue weighted by molar-refractivity contribution is 5.88. The highest BCUT2D eigenvalue weighted by Crippen LogP contribution is 2.29. The summed E-state index contributed by atoms with van der Waals surface area (Å²) in [6.07, 6.45) is 12.2. The van der Waals surface area contributed by atoms with E-state index < -0.39 is 0 Å². The summed E-state index contributed by atoms with van der Waals surface area (Å²) in [6.45, 7) is 68.6. The first kappa shape index (κ1) is 135. The van der Waals surface area contributed by atoms with Crippen molar-refractivity contribution in [2.75, 3.05) is 106 Å². The van der Waals surface area contributed by atoms with Gasteiger partial charge in [0.05, 0.1) is 52.9 Å². The monoisotopic (exact) mass is 2060 g/mol. The largest absolute Gasteiger partial charge is 0.491 e. The Morgan fingerprint density at radius 2 is 0.427 bits per heavy atom. The predicted molar refractivity (Wildman–Crippen MR) is 635 cm³/mol. The van der Waals surface area contributed by atoms with Crippen molar-refractivity contribution < 1.29 is 75.8 Å². The molecular formula is C134H192O16. The molecule has 0 N–H and O–H groups in total. The van der Waals surface area contributed by atoms with Gasteiger partial charge in [-0.15, -0.1) is 0 Å². The van der Waals surface area contributed by atoms with Crippen molar-refractivity contribution in [3.63, 3.8) is 0 Å². The zero-order valence-electron chi connectivity index (χ0n) is 96.9. The van der Waals surface area contributed by atoms with Gasteiger partial charge in [0, 0.05) is 5.39 Å². The average Bonchev–Trinajstić information content (AvgIpc) is 1.74. The second kappa shape index (κ2) is 89.1. The van der Waals surface area contributed by atoms with Gasteiger partial charge in [-0.1, -0.05) is 447 Å². The number of hydrogen-bond donors (Lipinski definition) is 0. The van der Waals surface area contributed by atoms with Gasteiger partial charge in [0.15, 0.2) is 0 Å². The molecule has 0 aliphatic carbocycles. The van der Waals surface area contributed by atoms with Gasteiger partial charge >= 0.3 is 0 Å². The lowest BCUT2D eigenvalue weighted by molar-refractivity contribution is 0.262. The molecule has 0 saturated carbocycles. The maximum absolute atomic E-state index is 5.72. The second-order valence-corrected chi connectivity index (χ2v) is 35.1. The van der Waals surface area contributed by atoms with Gasteiger partial charge in [-0.2, -0.15) is 0 Å². The van der Waals surface area contributed by atoms with Crippen LogP contribution in [0.25, 0.3) is 32.7 Å². The molecule has 16 nitrogen and oxygen atoms in total. The maximum atomic E-state index is 5.72. The SMILES string of the molecule is CC.CC.CC.CC.CC.CC(C)C.CCC.CCC.CCC.CCC.CCc1ccc(-c2ccc(CC)cc2)cc1.CCc1ccc(CC)cc1.Cc1ccc(OCC2CO2)cc1.Cc1ccccc1OCC1CO1.c1ccc(OCC2CO2)cc1.c1ccc(OCC2CO2)cc1.c1ccc(OCC2CO2)cc1.c1ccc(OCC2CO2)cc1.c1ccc2c(OCC3CO3)cccc2c1.c1ccc2cc(OCC3CO3)ccc2c1. The molecule has 8 fully saturated rings. The molecule has 8 unspecified atom stereocenters. The molecule has 0 bridgehead atoms. The van der Waals surface area contributed by atoms with E-state index in [1.165, 1.54) is 91.7 Å². The maximum Gasteiger partial charge on any atom is 0.127 e. The van der Waals surface area contributed by atoms with Crippen molar-refractivity contribution in [2.45, 2.75) is 287 Å². The van der Waals surface area contributed by atoms with Crippen molar-refractivity contribution >= 4 is 21.5 Å². The molecule has 8 aliphatic heterocycles. The molecule has 0 spiro atoms. The Kier molecular flexibility index (Phi) is 79.9. The van der Waals surface area contributed by atoms with Crippen LogP contribution in [-0.2, 0) is 63.6 Å². The Hall–Kier alpha value is -11.5. The summed E-state index contributed by atoms with van der Waals surface area (Å²) < 4.78 is 84.3. The van der Waals surface area contributed by atoms with E-state index in [-0.39, 0.29) is 0 Å². The molecule has 8 saturated heterocycles. The van der Waals surface area contributed by atoms with Crippen LogP contribution in [0.2, 0.25) is 0 Å². The highest BCUT2D eigenvalue weighted by Gasteiger charge is 2.28. The molecule has 21 rings (SSSR count). The van der Waals surface area contributed by atoms with E-state index in [0.717, 1.165) is 130 Å². The van der Waals surface area contributed by atoms with Crippen LogP contribution in [0.1, 0.15) is 232 Å². The lowest BCUT2D eigenvalue weighted by Gasteiger charge is -2.07. The van der Waals surface area contributed by atoms with Crippen LogP contribution in [0.3, 0.4) is 0 Å². The summed E-state index contributed by atoms with van der Waals surface area (Å²) in [5, 5.41) is 4.84. The van der Waals surface area contributed by atoms with Gasteiger partial charge in [0.2, 0.25) is 0 Å². The average molecular weight is 2060 g/mol. The van der Waals surface area contributed by atoms with Crippen LogP contribution in [0.15, 0.2) is 328 Å². The van der Waals surface area contributed by atoms with Gasteiger partial charge < -0.3 is 75.8 Å². The van der Waals surface area contributed by atoms with E-state index in [9.17, 15) is 0 Å². The van der Waals surface area contributed by atoms with Gasteiger partial charge in [0.1, 0.15) is 148 Å². The van der Waals surface area contributed by atoms with E-state index in [1.807, 2.05) is 288 Å². The van der Waals surface area contributed by atoms with Gasteiger partial charge in [-0.3, -0.25) is 0 Å². The molecule has 150 heavy (non-hydrogen) atoms. The summed E-state index contributed by atoms with van der Waals surface area (Å²) in [6, 6.07) is 111. The fourth-order valence-electron chi connectivity index (χ4n) is 11.7. The van der Waals surface area contributed by atoms with Crippen molar-refractivity contribution in [1.29, 1.82) is 0 Å². The molecule has 0 radical (unpaired) electrons. The quantitative estimate of drug-likeness (QED) is 0.0405. The molecule has 8 aliphatic rings.